The summed E-state index contributed by atoms with van der Waals surface area (Å²) in [6.45, 7) is 5.64. The average molecular weight is 673 g/mol. The Hall–Kier alpha value is -3.74. The Kier molecular flexibility index (Phi) is 11.4. The van der Waals surface area contributed by atoms with E-state index in [9.17, 15) is 18.5 Å². The van der Waals surface area contributed by atoms with Gasteiger partial charge in [0.2, 0.25) is 0 Å². The minimum atomic E-state index is -3.32. The second-order valence-corrected chi connectivity index (χ2v) is 13.8. The average Bonchev–Trinajstić information content (AvgIpc) is 3.49. The summed E-state index contributed by atoms with van der Waals surface area (Å²) in [5.41, 5.74) is 4.35. The van der Waals surface area contributed by atoms with Crippen LogP contribution in [0.15, 0.2) is 61.1 Å². The van der Waals surface area contributed by atoms with Gasteiger partial charge in [-0.05, 0) is 24.3 Å². The topological polar surface area (TPSA) is 114 Å². The number of rotatable bonds is 14. The molecule has 0 radical (unpaired) electrons. The first kappa shape index (κ1) is 34.6. The van der Waals surface area contributed by atoms with Crippen LogP contribution in [0, 0.1) is 12.8 Å². The van der Waals surface area contributed by atoms with Crippen molar-refractivity contribution in [3.63, 3.8) is 0 Å². The van der Waals surface area contributed by atoms with Gasteiger partial charge in [-0.25, -0.2) is 9.97 Å². The summed E-state index contributed by atoms with van der Waals surface area (Å²) in [5, 5.41) is 3.32. The number of hydrogen-bond donors (Lipinski definition) is 2. The normalized spacial score (nSPS) is 14.9. The SMILES string of the molecule is CCO[PH](O)(OCC)N1CCC(CCN(C)C(=O)c2ccc(Nc3nccn4c(-c5ccc(OC(F)F)cc5)cnc34)cc2C)CC1. The third-order valence-corrected chi connectivity index (χ3v) is 11.0. The standard InChI is InChI=1S/C33H43F2N6O5P/c1-5-44-47(43,45-6-2)40-18-14-24(15-19-40)13-17-39(4)32(42)28-12-9-26(21-23(28)3)38-30-31-37-22-29(41(31)20-16-36-30)25-7-10-27(11-8-25)46-33(34)35/h7-12,16,20-22,24,33,43,47H,5-6,13-15,17-19H2,1-4H3,(H,36,38). The van der Waals surface area contributed by atoms with Crippen molar-refractivity contribution in [2.45, 2.75) is 46.6 Å². The molecule has 47 heavy (non-hydrogen) atoms. The molecule has 0 spiro atoms. The van der Waals surface area contributed by atoms with Gasteiger partial charge in [-0.3, -0.25) is 4.40 Å². The quantitative estimate of drug-likeness (QED) is 0.141. The first-order valence-corrected chi connectivity index (χ1v) is 17.6. The van der Waals surface area contributed by atoms with E-state index in [1.54, 1.807) is 35.6 Å². The minimum absolute atomic E-state index is 0.0379. The summed E-state index contributed by atoms with van der Waals surface area (Å²) in [7, 11) is -1.49. The number of amides is 1. The van der Waals surface area contributed by atoms with Gasteiger partial charge in [-0.1, -0.05) is 0 Å². The number of hydrogen-bond acceptors (Lipinski definition) is 9. The van der Waals surface area contributed by atoms with Gasteiger partial charge in [-0.2, -0.15) is 8.78 Å². The number of fused-ring (bicyclic) bond motifs is 1. The Balaban J connectivity index is 1.18. The predicted molar refractivity (Wildman–Crippen MR) is 179 cm³/mol. The number of halogens is 2. The van der Waals surface area contributed by atoms with Gasteiger partial charge in [0.1, 0.15) is 5.75 Å². The van der Waals surface area contributed by atoms with E-state index in [1.165, 1.54) is 12.1 Å². The fraction of sp³-hybridized carbons (Fsp3) is 0.424. The molecule has 0 atom stereocenters. The third-order valence-electron chi connectivity index (χ3n) is 8.42. The molecule has 0 saturated carbocycles. The van der Waals surface area contributed by atoms with Crippen LogP contribution in [-0.2, 0) is 9.05 Å². The molecule has 11 nitrogen and oxygen atoms in total. The molecule has 2 N–H and O–H groups in total. The van der Waals surface area contributed by atoms with Crippen LogP contribution < -0.4 is 10.1 Å². The summed E-state index contributed by atoms with van der Waals surface area (Å²) in [6.07, 6.45) is 7.84. The number of benzene rings is 2. The molecule has 14 heteroatoms. The Bertz CT molecular complexity index is 1640. The van der Waals surface area contributed by atoms with Crippen molar-refractivity contribution in [3.8, 4) is 17.0 Å². The van der Waals surface area contributed by atoms with Gasteiger partial charge >= 0.3 is 170 Å². The van der Waals surface area contributed by atoms with E-state index in [0.717, 1.165) is 41.8 Å². The van der Waals surface area contributed by atoms with Crippen molar-refractivity contribution in [2.24, 2.45) is 5.92 Å². The molecule has 0 bridgehead atoms. The molecule has 1 aliphatic heterocycles. The molecular formula is C33H43F2N6O5P. The van der Waals surface area contributed by atoms with Crippen molar-refractivity contribution < 1.29 is 32.3 Å². The molecule has 2 aromatic carbocycles. The molecule has 4 aromatic rings. The Labute approximate surface area is 274 Å². The summed E-state index contributed by atoms with van der Waals surface area (Å²) in [5.74, 6) is 1.03. The first-order chi connectivity index (χ1) is 22.6. The van der Waals surface area contributed by atoms with Crippen LogP contribution in [0.4, 0.5) is 20.3 Å². The fourth-order valence-corrected chi connectivity index (χ4v) is 7.96. The zero-order valence-corrected chi connectivity index (χ0v) is 28.2. The number of anilines is 2. The predicted octanol–water partition coefficient (Wildman–Crippen LogP) is 6.70. The third kappa shape index (κ3) is 8.22. The van der Waals surface area contributed by atoms with E-state index < -0.39 is 14.7 Å². The zero-order valence-electron chi connectivity index (χ0n) is 27.2. The molecule has 254 valence electrons. The molecule has 5 rings (SSSR count). The molecule has 1 saturated heterocycles. The maximum atomic E-state index is 13.4. The maximum absolute atomic E-state index is 13.4. The Morgan fingerprint density at radius 2 is 1.81 bits per heavy atom. The van der Waals surface area contributed by atoms with Gasteiger partial charge in [0, 0.05) is 18.0 Å². The monoisotopic (exact) mass is 672 g/mol. The van der Waals surface area contributed by atoms with Crippen molar-refractivity contribution >= 4 is 31.2 Å². The number of nitrogens with one attached hydrogen (secondary N) is 1. The van der Waals surface area contributed by atoms with Crippen LogP contribution in [0.2, 0.25) is 0 Å². The molecule has 0 unspecified atom stereocenters. The van der Waals surface area contributed by atoms with Gasteiger partial charge in [0.25, 0.3) is 0 Å². The van der Waals surface area contributed by atoms with E-state index in [-0.39, 0.29) is 11.7 Å². The summed E-state index contributed by atoms with van der Waals surface area (Å²) in [4.78, 5) is 35.1. The summed E-state index contributed by atoms with van der Waals surface area (Å²) >= 11 is 0. The molecule has 0 aliphatic carbocycles. The molecule has 3 heterocycles. The molecule has 1 amide bonds. The van der Waals surface area contributed by atoms with Gasteiger partial charge in [0.05, 0.1) is 11.9 Å². The van der Waals surface area contributed by atoms with E-state index in [1.807, 2.05) is 55.1 Å². The Morgan fingerprint density at radius 3 is 2.45 bits per heavy atom. The van der Waals surface area contributed by atoms with Crippen molar-refractivity contribution in [3.05, 3.63) is 72.2 Å². The fourth-order valence-electron chi connectivity index (χ4n) is 5.93. The number of aromatic nitrogens is 3. The van der Waals surface area contributed by atoms with Crippen LogP contribution >= 0.6 is 8.09 Å². The molecule has 2 aromatic heterocycles. The second-order valence-electron chi connectivity index (χ2n) is 11.5. The van der Waals surface area contributed by atoms with Gasteiger partial charge in [0.15, 0.2) is 11.5 Å². The number of imidazole rings is 1. The molecule has 1 fully saturated rings. The summed E-state index contributed by atoms with van der Waals surface area (Å²) in [6, 6.07) is 12.0. The van der Waals surface area contributed by atoms with Crippen LogP contribution in [0.5, 0.6) is 5.75 Å². The molecule has 1 aliphatic rings. The van der Waals surface area contributed by atoms with E-state index in [2.05, 4.69) is 20.0 Å². The second kappa shape index (κ2) is 15.4. The van der Waals surface area contributed by atoms with E-state index in [0.29, 0.717) is 55.8 Å². The Morgan fingerprint density at radius 1 is 1.11 bits per heavy atom. The van der Waals surface area contributed by atoms with E-state index >= 15 is 0 Å². The number of ether oxygens (including phenoxy) is 1. The number of nitrogens with zero attached hydrogens (tertiary/aromatic N) is 5. The number of piperidine rings is 1. The first-order valence-electron chi connectivity index (χ1n) is 15.9. The van der Waals surface area contributed by atoms with Crippen molar-refractivity contribution in [1.82, 2.24) is 23.9 Å². The van der Waals surface area contributed by atoms with Crippen LogP contribution in [0.25, 0.3) is 16.9 Å². The van der Waals surface area contributed by atoms with Crippen LogP contribution in [0.1, 0.15) is 49.0 Å². The van der Waals surface area contributed by atoms with Gasteiger partial charge < -0.3 is 10.1 Å². The number of carbonyl (C=O) groups excluding carboxylic acids is 1. The molecular weight excluding hydrogens is 629 g/mol. The van der Waals surface area contributed by atoms with Gasteiger partial charge in [-0.15, -0.1) is 0 Å². The van der Waals surface area contributed by atoms with Crippen molar-refractivity contribution in [2.75, 3.05) is 45.2 Å². The number of carbonyl (C=O) groups is 1. The number of aryl methyl sites for hydroxylation is 1. The van der Waals surface area contributed by atoms with Crippen LogP contribution in [-0.4, -0.2) is 81.2 Å². The summed E-state index contributed by atoms with van der Waals surface area (Å²) < 4.78 is 44.6. The zero-order chi connectivity index (χ0) is 33.6. The number of alkyl halides is 2. The van der Waals surface area contributed by atoms with Crippen molar-refractivity contribution in [1.29, 1.82) is 0 Å². The van der Waals surface area contributed by atoms with E-state index in [4.69, 9.17) is 9.05 Å². The van der Waals surface area contributed by atoms with Crippen LogP contribution in [0.3, 0.4) is 0 Å².